The predicted octanol–water partition coefficient (Wildman–Crippen LogP) is 3.33. The molecule has 1 aliphatic carbocycles. The number of hydrogen-bond acceptors (Lipinski definition) is 6. The van der Waals surface area contributed by atoms with Gasteiger partial charge in [-0.3, -0.25) is 10.1 Å². The average molecular weight is 401 g/mol. The van der Waals surface area contributed by atoms with Gasteiger partial charge in [-0.1, -0.05) is 12.1 Å². The second-order valence-electron chi connectivity index (χ2n) is 7.19. The topological polar surface area (TPSA) is 110 Å². The van der Waals surface area contributed by atoms with Gasteiger partial charge in [0.1, 0.15) is 5.58 Å². The molecule has 1 saturated carbocycles. The van der Waals surface area contributed by atoms with Crippen molar-refractivity contribution in [3.63, 3.8) is 0 Å². The molecule has 2 aromatic rings. The molecule has 1 aromatic carbocycles. The zero-order chi connectivity index (χ0) is 20.8. The summed E-state index contributed by atoms with van der Waals surface area (Å²) in [6.45, 7) is 2.69. The molecule has 156 valence electrons. The minimum atomic E-state index is -0.613. The minimum Gasteiger partial charge on any atom is -0.466 e. The van der Waals surface area contributed by atoms with E-state index in [-0.39, 0.29) is 17.6 Å². The quantitative estimate of drug-likeness (QED) is 0.506. The van der Waals surface area contributed by atoms with Gasteiger partial charge in [0.15, 0.2) is 5.69 Å². The van der Waals surface area contributed by atoms with Crippen LogP contribution in [0.3, 0.4) is 0 Å². The SMILES string of the molecule is CCOC(=O)C1CCC(CNC(=O)Nc2c(NC)c3ccccc3oc2=O)CC1. The second-order valence-corrected chi connectivity index (χ2v) is 7.19. The number of para-hydroxylation sites is 1. The van der Waals surface area contributed by atoms with Crippen LogP contribution in [-0.2, 0) is 9.53 Å². The molecule has 0 unspecified atom stereocenters. The van der Waals surface area contributed by atoms with Crippen molar-refractivity contribution in [2.75, 3.05) is 30.8 Å². The van der Waals surface area contributed by atoms with E-state index in [1.54, 1.807) is 19.2 Å². The molecular weight excluding hydrogens is 374 g/mol. The Morgan fingerprint density at radius 1 is 1.14 bits per heavy atom. The minimum absolute atomic E-state index is 0.0413. The molecule has 0 saturated heterocycles. The van der Waals surface area contributed by atoms with Crippen molar-refractivity contribution in [1.29, 1.82) is 0 Å². The molecular formula is C21H27N3O5. The van der Waals surface area contributed by atoms with Gasteiger partial charge in [-0.2, -0.15) is 0 Å². The summed E-state index contributed by atoms with van der Waals surface area (Å²) in [5, 5.41) is 9.11. The predicted molar refractivity (Wildman–Crippen MR) is 111 cm³/mol. The van der Waals surface area contributed by atoms with E-state index in [4.69, 9.17) is 9.15 Å². The van der Waals surface area contributed by atoms with Crippen LogP contribution in [0.1, 0.15) is 32.6 Å². The normalized spacial score (nSPS) is 18.8. The number of ether oxygens (including phenoxy) is 1. The van der Waals surface area contributed by atoms with Crippen molar-refractivity contribution < 1.29 is 18.7 Å². The van der Waals surface area contributed by atoms with Crippen LogP contribution in [-0.4, -0.2) is 32.2 Å². The zero-order valence-electron chi connectivity index (χ0n) is 16.7. The van der Waals surface area contributed by atoms with Crippen LogP contribution in [0.2, 0.25) is 0 Å². The van der Waals surface area contributed by atoms with Gasteiger partial charge in [0, 0.05) is 19.0 Å². The molecule has 8 nitrogen and oxygen atoms in total. The first kappa shape index (κ1) is 20.7. The molecule has 1 heterocycles. The number of fused-ring (bicyclic) bond motifs is 1. The van der Waals surface area contributed by atoms with E-state index in [1.807, 2.05) is 19.1 Å². The smallest absolute Gasteiger partial charge is 0.362 e. The van der Waals surface area contributed by atoms with Gasteiger partial charge in [0.05, 0.1) is 18.2 Å². The third-order valence-electron chi connectivity index (χ3n) is 5.32. The zero-order valence-corrected chi connectivity index (χ0v) is 16.7. The van der Waals surface area contributed by atoms with Crippen LogP contribution in [0.5, 0.6) is 0 Å². The summed E-state index contributed by atoms with van der Waals surface area (Å²) in [7, 11) is 1.69. The van der Waals surface area contributed by atoms with Gasteiger partial charge >= 0.3 is 17.6 Å². The van der Waals surface area contributed by atoms with Gasteiger partial charge in [-0.05, 0) is 50.7 Å². The number of carbonyl (C=O) groups excluding carboxylic acids is 2. The first-order chi connectivity index (χ1) is 14.0. The second kappa shape index (κ2) is 9.45. The van der Waals surface area contributed by atoms with Crippen molar-refractivity contribution in [3.05, 3.63) is 34.7 Å². The summed E-state index contributed by atoms with van der Waals surface area (Å²) in [4.78, 5) is 36.5. The largest absolute Gasteiger partial charge is 0.466 e. The lowest BCUT2D eigenvalue weighted by molar-refractivity contribution is -0.149. The summed E-state index contributed by atoms with van der Waals surface area (Å²) in [6.07, 6.45) is 3.24. The van der Waals surface area contributed by atoms with E-state index in [2.05, 4.69) is 16.0 Å². The fraction of sp³-hybridized carbons (Fsp3) is 0.476. The number of esters is 1. The average Bonchev–Trinajstić information content (AvgIpc) is 2.73. The first-order valence-corrected chi connectivity index (χ1v) is 9.98. The Labute approximate surface area is 169 Å². The van der Waals surface area contributed by atoms with Gasteiger partial charge in [0.25, 0.3) is 0 Å². The summed E-state index contributed by atoms with van der Waals surface area (Å²) < 4.78 is 10.4. The van der Waals surface area contributed by atoms with Crippen LogP contribution in [0.15, 0.2) is 33.5 Å². The molecule has 29 heavy (non-hydrogen) atoms. The number of benzene rings is 1. The summed E-state index contributed by atoms with van der Waals surface area (Å²) in [6, 6.07) is 6.67. The number of amides is 2. The van der Waals surface area contributed by atoms with E-state index in [1.165, 1.54) is 0 Å². The number of rotatable bonds is 6. The monoisotopic (exact) mass is 401 g/mol. The maximum Gasteiger partial charge on any atom is 0.362 e. The molecule has 0 bridgehead atoms. The van der Waals surface area contributed by atoms with Crippen LogP contribution in [0.4, 0.5) is 16.2 Å². The van der Waals surface area contributed by atoms with Crippen LogP contribution in [0, 0.1) is 11.8 Å². The third kappa shape index (κ3) is 4.88. The van der Waals surface area contributed by atoms with E-state index in [9.17, 15) is 14.4 Å². The maximum absolute atomic E-state index is 12.4. The molecule has 1 aromatic heterocycles. The Kier molecular flexibility index (Phi) is 6.74. The molecule has 2 amide bonds. The van der Waals surface area contributed by atoms with E-state index in [0.29, 0.717) is 35.7 Å². The summed E-state index contributed by atoms with van der Waals surface area (Å²) >= 11 is 0. The highest BCUT2D eigenvalue weighted by Gasteiger charge is 2.27. The highest BCUT2D eigenvalue weighted by atomic mass is 16.5. The van der Waals surface area contributed by atoms with E-state index in [0.717, 1.165) is 25.7 Å². The van der Waals surface area contributed by atoms with E-state index >= 15 is 0 Å². The lowest BCUT2D eigenvalue weighted by atomic mass is 9.82. The number of anilines is 2. The van der Waals surface area contributed by atoms with Crippen molar-refractivity contribution >= 4 is 34.3 Å². The Morgan fingerprint density at radius 3 is 2.55 bits per heavy atom. The Morgan fingerprint density at radius 2 is 1.86 bits per heavy atom. The van der Waals surface area contributed by atoms with Gasteiger partial charge < -0.3 is 19.8 Å². The van der Waals surface area contributed by atoms with Crippen molar-refractivity contribution in [2.24, 2.45) is 11.8 Å². The highest BCUT2D eigenvalue weighted by Crippen LogP contribution is 2.30. The molecule has 1 fully saturated rings. The highest BCUT2D eigenvalue weighted by molar-refractivity contribution is 6.01. The number of carbonyl (C=O) groups is 2. The van der Waals surface area contributed by atoms with Gasteiger partial charge in [-0.15, -0.1) is 0 Å². The Bertz CT molecular complexity index is 932. The van der Waals surface area contributed by atoms with Gasteiger partial charge in [0.2, 0.25) is 0 Å². The molecule has 3 rings (SSSR count). The Balaban J connectivity index is 1.57. The van der Waals surface area contributed by atoms with Crippen molar-refractivity contribution in [3.8, 4) is 0 Å². The Hall–Kier alpha value is -3.03. The molecule has 0 radical (unpaired) electrons. The maximum atomic E-state index is 12.4. The molecule has 0 spiro atoms. The van der Waals surface area contributed by atoms with Crippen LogP contribution < -0.4 is 21.6 Å². The fourth-order valence-corrected chi connectivity index (χ4v) is 3.78. The van der Waals surface area contributed by atoms with Gasteiger partial charge in [-0.25, -0.2) is 9.59 Å². The first-order valence-electron chi connectivity index (χ1n) is 9.98. The third-order valence-corrected chi connectivity index (χ3v) is 5.32. The van der Waals surface area contributed by atoms with Crippen LogP contribution >= 0.6 is 0 Å². The molecule has 0 aliphatic heterocycles. The lowest BCUT2D eigenvalue weighted by Crippen LogP contribution is -2.36. The number of hydrogen-bond donors (Lipinski definition) is 3. The molecule has 8 heteroatoms. The van der Waals surface area contributed by atoms with Crippen LogP contribution in [0.25, 0.3) is 11.0 Å². The summed E-state index contributed by atoms with van der Waals surface area (Å²) in [5.41, 5.74) is 0.431. The lowest BCUT2D eigenvalue weighted by Gasteiger charge is -2.27. The fourth-order valence-electron chi connectivity index (χ4n) is 3.78. The van der Waals surface area contributed by atoms with Crippen molar-refractivity contribution in [2.45, 2.75) is 32.6 Å². The standard InChI is InChI=1S/C21H27N3O5/c1-3-28-19(25)14-10-8-13(9-11-14)12-23-21(27)24-18-17(22-2)15-6-4-5-7-16(15)29-20(18)26/h4-7,13-14,22H,3,8-12H2,1-2H3,(H2,23,24,27). The molecule has 0 atom stereocenters. The van der Waals surface area contributed by atoms with E-state index < -0.39 is 11.7 Å². The summed E-state index contributed by atoms with van der Waals surface area (Å²) in [5.74, 6) is 0.128. The van der Waals surface area contributed by atoms with Crippen molar-refractivity contribution in [1.82, 2.24) is 5.32 Å². The molecule has 1 aliphatic rings. The number of urea groups is 1. The number of nitrogens with one attached hydrogen (secondary N) is 3. The molecule has 3 N–H and O–H groups in total.